The molecular formula is C17H20N2O4S. The average Bonchev–Trinajstić information content (AvgIpc) is 3.04. The Morgan fingerprint density at radius 2 is 1.92 bits per heavy atom. The summed E-state index contributed by atoms with van der Waals surface area (Å²) in [5.41, 5.74) is 0.467. The van der Waals surface area contributed by atoms with Crippen LogP contribution in [-0.2, 0) is 19.4 Å². The number of nitrogens with one attached hydrogen (secondary N) is 1. The highest BCUT2D eigenvalue weighted by atomic mass is 32.2. The predicted octanol–water partition coefficient (Wildman–Crippen LogP) is 1.76. The number of hydrogen-bond acceptors (Lipinski definition) is 4. The maximum atomic E-state index is 12.3. The van der Waals surface area contributed by atoms with E-state index in [4.69, 9.17) is 0 Å². The third-order valence-electron chi connectivity index (χ3n) is 3.75. The predicted molar refractivity (Wildman–Crippen MR) is 92.2 cm³/mol. The van der Waals surface area contributed by atoms with Crippen molar-refractivity contribution < 1.29 is 18.0 Å². The van der Waals surface area contributed by atoms with Crippen LogP contribution in [0.15, 0.2) is 54.0 Å². The summed E-state index contributed by atoms with van der Waals surface area (Å²) in [7, 11) is -3.35. The number of anilines is 1. The first-order chi connectivity index (χ1) is 11.3. The second-order valence-electron chi connectivity index (χ2n) is 5.68. The van der Waals surface area contributed by atoms with Gasteiger partial charge in [-0.2, -0.15) is 0 Å². The number of carbonyl (C=O) groups is 2. The number of rotatable bonds is 5. The zero-order chi connectivity index (χ0) is 17.9. The number of benzene rings is 1. The summed E-state index contributed by atoms with van der Waals surface area (Å²) in [5, 5.41) is 2.17. The van der Waals surface area contributed by atoms with Gasteiger partial charge < -0.3 is 10.2 Å². The van der Waals surface area contributed by atoms with Crippen molar-refractivity contribution in [2.45, 2.75) is 30.0 Å². The van der Waals surface area contributed by atoms with E-state index in [-0.39, 0.29) is 16.7 Å². The van der Waals surface area contributed by atoms with Gasteiger partial charge in [0.15, 0.2) is 9.84 Å². The van der Waals surface area contributed by atoms with Crippen LogP contribution in [0.5, 0.6) is 0 Å². The van der Waals surface area contributed by atoms with Gasteiger partial charge in [-0.25, -0.2) is 8.42 Å². The van der Waals surface area contributed by atoms with Crippen molar-refractivity contribution in [2.24, 2.45) is 0 Å². The van der Waals surface area contributed by atoms with E-state index in [2.05, 4.69) is 11.9 Å². The molecule has 0 saturated carbocycles. The second kappa shape index (κ2) is 7.00. The van der Waals surface area contributed by atoms with Crippen LogP contribution in [0.1, 0.15) is 13.8 Å². The highest BCUT2D eigenvalue weighted by molar-refractivity contribution is 7.92. The molecule has 0 bridgehead atoms. The molecule has 0 aromatic heterocycles. The summed E-state index contributed by atoms with van der Waals surface area (Å²) in [6.07, 6.45) is 4.55. The molecule has 1 aliphatic rings. The Labute approximate surface area is 141 Å². The molecule has 0 spiro atoms. The molecular weight excluding hydrogens is 328 g/mol. The fourth-order valence-electron chi connectivity index (χ4n) is 2.31. The molecule has 1 aromatic rings. The quantitative estimate of drug-likeness (QED) is 0.649. The van der Waals surface area contributed by atoms with Crippen molar-refractivity contribution in [1.82, 2.24) is 4.90 Å². The molecule has 24 heavy (non-hydrogen) atoms. The Kier molecular flexibility index (Phi) is 5.23. The van der Waals surface area contributed by atoms with E-state index in [0.717, 1.165) is 0 Å². The molecule has 1 heterocycles. The molecule has 0 aliphatic carbocycles. The Morgan fingerprint density at radius 3 is 2.46 bits per heavy atom. The van der Waals surface area contributed by atoms with Crippen molar-refractivity contribution in [3.63, 3.8) is 0 Å². The minimum atomic E-state index is -3.35. The summed E-state index contributed by atoms with van der Waals surface area (Å²) in [6, 6.07) is 5.29. The first-order valence-electron chi connectivity index (χ1n) is 7.52. The highest BCUT2D eigenvalue weighted by Crippen LogP contribution is 2.19. The van der Waals surface area contributed by atoms with E-state index in [9.17, 15) is 18.0 Å². The first-order valence-corrected chi connectivity index (χ1v) is 9.06. The van der Waals surface area contributed by atoms with Crippen LogP contribution in [0, 0.1) is 0 Å². The van der Waals surface area contributed by atoms with Gasteiger partial charge in [-0.1, -0.05) is 18.7 Å². The number of nitrogens with zero attached hydrogens (tertiary/aromatic N) is 1. The number of amides is 2. The Bertz CT molecular complexity index is 779. The van der Waals surface area contributed by atoms with Crippen LogP contribution < -0.4 is 5.32 Å². The fraction of sp³-hybridized carbons (Fsp3) is 0.294. The normalized spacial score (nSPS) is 17.1. The van der Waals surface area contributed by atoms with Gasteiger partial charge in [0.1, 0.15) is 6.04 Å². The summed E-state index contributed by atoms with van der Waals surface area (Å²) >= 11 is 0. The molecule has 0 radical (unpaired) electrons. The van der Waals surface area contributed by atoms with Crippen LogP contribution in [0.4, 0.5) is 5.69 Å². The minimum Gasteiger partial charge on any atom is -0.324 e. The van der Waals surface area contributed by atoms with Gasteiger partial charge >= 0.3 is 0 Å². The average molecular weight is 348 g/mol. The Morgan fingerprint density at radius 1 is 1.29 bits per heavy atom. The van der Waals surface area contributed by atoms with Crippen LogP contribution in [0.2, 0.25) is 0 Å². The van der Waals surface area contributed by atoms with Gasteiger partial charge in [0.05, 0.1) is 10.1 Å². The standard InChI is InChI=1S/C17H20N2O4S/c1-4-16(20)19-11-5-6-15(19)17(21)18-13-7-9-14(10-8-13)24(22,23)12(2)3/h4-10,12,15H,1,11H2,2-3H3,(H,18,21)/t15-/m0/s1. The third-order valence-corrected chi connectivity index (χ3v) is 5.92. The zero-order valence-corrected chi connectivity index (χ0v) is 14.4. The Balaban J connectivity index is 2.11. The molecule has 1 aromatic carbocycles. The van der Waals surface area contributed by atoms with E-state index in [1.807, 2.05) is 0 Å². The SMILES string of the molecule is C=CC(=O)N1CC=C[C@H]1C(=O)Nc1ccc(S(=O)(=O)C(C)C)cc1. The summed E-state index contributed by atoms with van der Waals surface area (Å²) in [6.45, 7) is 7.01. The lowest BCUT2D eigenvalue weighted by molar-refractivity contribution is -0.131. The molecule has 0 saturated heterocycles. The molecule has 1 aliphatic heterocycles. The molecule has 1 N–H and O–H groups in total. The first kappa shape index (κ1) is 17.9. The molecule has 128 valence electrons. The molecule has 7 heteroatoms. The van der Waals surface area contributed by atoms with Gasteiger partial charge in [-0.15, -0.1) is 0 Å². The fourth-order valence-corrected chi connectivity index (χ4v) is 3.37. The largest absolute Gasteiger partial charge is 0.324 e. The zero-order valence-electron chi connectivity index (χ0n) is 13.6. The minimum absolute atomic E-state index is 0.208. The van der Waals surface area contributed by atoms with Gasteiger partial charge in [0.2, 0.25) is 5.91 Å². The van der Waals surface area contributed by atoms with Crippen LogP contribution >= 0.6 is 0 Å². The number of hydrogen-bond donors (Lipinski definition) is 1. The van der Waals surface area contributed by atoms with Crippen molar-refractivity contribution >= 4 is 27.3 Å². The second-order valence-corrected chi connectivity index (χ2v) is 8.18. The number of carbonyl (C=O) groups excluding carboxylic acids is 2. The molecule has 2 rings (SSSR count). The molecule has 6 nitrogen and oxygen atoms in total. The van der Waals surface area contributed by atoms with Crippen molar-refractivity contribution in [1.29, 1.82) is 0 Å². The van der Waals surface area contributed by atoms with Gasteiger partial charge in [0, 0.05) is 12.2 Å². The smallest absolute Gasteiger partial charge is 0.251 e. The van der Waals surface area contributed by atoms with Gasteiger partial charge in [-0.3, -0.25) is 9.59 Å². The third kappa shape index (κ3) is 3.56. The molecule has 1 atom stereocenters. The highest BCUT2D eigenvalue weighted by Gasteiger charge is 2.29. The number of sulfone groups is 1. The monoisotopic (exact) mass is 348 g/mol. The van der Waals surface area contributed by atoms with Crippen molar-refractivity contribution in [2.75, 3.05) is 11.9 Å². The Hall–Kier alpha value is -2.41. The van der Waals surface area contributed by atoms with Crippen molar-refractivity contribution in [3.8, 4) is 0 Å². The maximum Gasteiger partial charge on any atom is 0.251 e. The lowest BCUT2D eigenvalue weighted by Gasteiger charge is -2.22. The van der Waals surface area contributed by atoms with Crippen LogP contribution in [-0.4, -0.2) is 43.0 Å². The van der Waals surface area contributed by atoms with Crippen LogP contribution in [0.3, 0.4) is 0 Å². The molecule has 2 amide bonds. The summed E-state index contributed by atoms with van der Waals surface area (Å²) in [5.74, 6) is -0.683. The maximum absolute atomic E-state index is 12.3. The molecule has 0 fully saturated rings. The van der Waals surface area contributed by atoms with Crippen LogP contribution in [0.25, 0.3) is 0 Å². The van der Waals surface area contributed by atoms with Gasteiger partial charge in [0.25, 0.3) is 5.91 Å². The van der Waals surface area contributed by atoms with E-state index in [0.29, 0.717) is 12.2 Å². The van der Waals surface area contributed by atoms with E-state index in [1.165, 1.54) is 35.2 Å². The van der Waals surface area contributed by atoms with Crippen molar-refractivity contribution in [3.05, 3.63) is 49.1 Å². The van der Waals surface area contributed by atoms with Gasteiger partial charge in [-0.05, 0) is 44.2 Å². The lowest BCUT2D eigenvalue weighted by atomic mass is 10.2. The lowest BCUT2D eigenvalue weighted by Crippen LogP contribution is -2.42. The molecule has 0 unspecified atom stereocenters. The van der Waals surface area contributed by atoms with E-state index < -0.39 is 21.1 Å². The topological polar surface area (TPSA) is 83.6 Å². The summed E-state index contributed by atoms with van der Waals surface area (Å²) in [4.78, 5) is 25.6. The van der Waals surface area contributed by atoms with E-state index >= 15 is 0 Å². The summed E-state index contributed by atoms with van der Waals surface area (Å²) < 4.78 is 24.2. The van der Waals surface area contributed by atoms with E-state index in [1.54, 1.807) is 26.0 Å².